The quantitative estimate of drug-likeness (QED) is 0.128. The average molecular weight is 1120 g/mol. The van der Waals surface area contributed by atoms with Gasteiger partial charge >= 0.3 is 5.97 Å². The molecule has 5 aliphatic heterocycles. The Morgan fingerprint density at radius 3 is 2.33 bits per heavy atom. The van der Waals surface area contributed by atoms with Gasteiger partial charge in [0.2, 0.25) is 12.0 Å². The lowest BCUT2D eigenvalue weighted by Crippen LogP contribution is -2.49. The van der Waals surface area contributed by atoms with E-state index < -0.39 is 41.8 Å². The maximum absolute atomic E-state index is 14.7. The van der Waals surface area contributed by atoms with Crippen molar-refractivity contribution in [3.05, 3.63) is 124 Å². The van der Waals surface area contributed by atoms with Crippen molar-refractivity contribution in [3.63, 3.8) is 0 Å². The van der Waals surface area contributed by atoms with Gasteiger partial charge in [0.15, 0.2) is 17.7 Å². The summed E-state index contributed by atoms with van der Waals surface area (Å²) < 4.78 is 65.4. The van der Waals surface area contributed by atoms with Gasteiger partial charge < -0.3 is 47.9 Å². The van der Waals surface area contributed by atoms with Crippen LogP contribution >= 0.6 is 34.5 Å². The molecule has 0 aliphatic carbocycles. The fourth-order valence-electron chi connectivity index (χ4n) is 10.2. The molecule has 0 unspecified atom stereocenters. The van der Waals surface area contributed by atoms with E-state index in [0.717, 1.165) is 36.6 Å². The third-order valence-corrected chi connectivity index (χ3v) is 16.3. The number of rotatable bonds is 10. The zero-order valence-corrected chi connectivity index (χ0v) is 46.3. The molecule has 1 N–H and O–H groups in total. The Balaban J connectivity index is 0.967. The Kier molecular flexibility index (Phi) is 15.5. The van der Waals surface area contributed by atoms with E-state index in [2.05, 4.69) is 21.8 Å². The topological polar surface area (TPSA) is 169 Å². The number of aliphatic hydroxyl groups is 1. The molecule has 5 aliphatic rings. The predicted octanol–water partition coefficient (Wildman–Crippen LogP) is 9.75. The molecule has 6 atom stereocenters. The molecule has 3 fully saturated rings. The Morgan fingerprint density at radius 1 is 0.859 bits per heavy atom. The Labute approximate surface area is 465 Å². The minimum atomic E-state index is -1.29. The number of likely N-dealkylation sites (N-methyl/N-ethyl adjacent to an activating group) is 1. The second kappa shape index (κ2) is 22.5. The Bertz CT molecular complexity index is 3310. The van der Waals surface area contributed by atoms with Crippen LogP contribution in [-0.4, -0.2) is 143 Å². The summed E-state index contributed by atoms with van der Waals surface area (Å²) in [5.74, 6) is 1.40. The summed E-state index contributed by atoms with van der Waals surface area (Å²) in [5, 5.41) is 11.3. The molecule has 78 heavy (non-hydrogen) atoms. The molecule has 0 spiro atoms. The largest absolute Gasteiger partial charge is 0.490 e. The van der Waals surface area contributed by atoms with Crippen LogP contribution in [0, 0.1) is 19.7 Å². The summed E-state index contributed by atoms with van der Waals surface area (Å²) >= 11 is 16.2. The highest BCUT2D eigenvalue weighted by Gasteiger charge is 2.48. The van der Waals surface area contributed by atoms with Crippen molar-refractivity contribution in [1.82, 2.24) is 29.7 Å². The zero-order valence-electron chi connectivity index (χ0n) is 44.0. The SMILES string of the molecule is Cc1c(Cl)c2c(Cl)c(C)c1-c1c(-c3ccc(F)cc3)sc3ncnc(c13)O[C@@H](C(=O)OC(C)(C)C)Cc1cc(ccc1OCc1ccnc(-c3ccc(O[C@H]4CO[C@H]5[C@@H]4OC[C@H]5O)cc3)n1)OC[C@@H](CN1CCN(C)CC1)O2. The van der Waals surface area contributed by atoms with E-state index in [1.54, 1.807) is 51.2 Å². The highest BCUT2D eigenvalue weighted by Crippen LogP contribution is 2.53. The van der Waals surface area contributed by atoms with Gasteiger partial charge in [0.25, 0.3) is 0 Å². The number of fused-ring (bicyclic) bond motifs is 8. The summed E-state index contributed by atoms with van der Waals surface area (Å²) in [6, 6.07) is 20.9. The van der Waals surface area contributed by atoms with Gasteiger partial charge in [-0.25, -0.2) is 29.1 Å². The standard InChI is InChI=1S/C58H59Cl2FN6O10S/c1-31-45-32(2)49(60)52(48(31)59)75-40(25-67-21-19-66(6)20-22-67)27-70-39-15-16-42(71-26-37-17-18-62-54(65-37)34-9-13-38(14-10-34)74-44-29-73-50-41(68)28-72-51(44)50)35(23-39)24-43(57(69)77-58(3,4)5)76-55-47-46(45)53(78-56(47)64-30-63-55)33-7-11-36(61)12-8-33/h7-18,23,30,40-41,43-44,50-51,68H,19-22,24-29H2,1-6H3/t40-,41-,43-,44+,50-,51-/m1/s1. The first-order valence-corrected chi connectivity index (χ1v) is 27.5. The lowest BCUT2D eigenvalue weighted by Gasteiger charge is -2.35. The molecule has 3 saturated heterocycles. The number of esters is 1. The first kappa shape index (κ1) is 53.8. The van der Waals surface area contributed by atoms with E-state index in [1.807, 2.05) is 50.2 Å². The van der Waals surface area contributed by atoms with Crippen molar-refractivity contribution in [1.29, 1.82) is 0 Å². The van der Waals surface area contributed by atoms with Crippen LogP contribution in [0.2, 0.25) is 10.0 Å². The number of hydrogen-bond acceptors (Lipinski definition) is 17. The summed E-state index contributed by atoms with van der Waals surface area (Å²) in [4.78, 5) is 39.4. The van der Waals surface area contributed by atoms with Gasteiger partial charge in [-0.15, -0.1) is 11.3 Å². The van der Waals surface area contributed by atoms with Crippen LogP contribution in [0.4, 0.5) is 4.39 Å². The predicted molar refractivity (Wildman–Crippen MR) is 294 cm³/mol. The number of ether oxygens (including phenoxy) is 8. The minimum Gasteiger partial charge on any atom is -0.490 e. The van der Waals surface area contributed by atoms with Crippen LogP contribution < -0.4 is 23.7 Å². The van der Waals surface area contributed by atoms with Crippen molar-refractivity contribution < 1.29 is 52.2 Å². The lowest BCUT2D eigenvalue weighted by atomic mass is 9.92. The lowest BCUT2D eigenvalue weighted by molar-refractivity contribution is -0.163. The molecule has 7 aromatic rings. The zero-order chi connectivity index (χ0) is 54.4. The number of aliphatic hydroxyl groups excluding tert-OH is 1. The van der Waals surface area contributed by atoms with Crippen LogP contribution in [0.15, 0.2) is 85.3 Å². The van der Waals surface area contributed by atoms with Gasteiger partial charge in [0.1, 0.15) is 77.5 Å². The third kappa shape index (κ3) is 11.5. The van der Waals surface area contributed by atoms with Crippen molar-refractivity contribution in [3.8, 4) is 61.8 Å². The first-order chi connectivity index (χ1) is 37.5. The average Bonchev–Trinajstić information content (AvgIpc) is 4.34. The normalized spacial score (nSPS) is 21.8. The van der Waals surface area contributed by atoms with Crippen LogP contribution in [0.3, 0.4) is 0 Å². The molecule has 0 amide bonds. The van der Waals surface area contributed by atoms with Gasteiger partial charge in [-0.1, -0.05) is 35.3 Å². The van der Waals surface area contributed by atoms with Gasteiger partial charge in [-0.3, -0.25) is 4.90 Å². The smallest absolute Gasteiger partial charge is 0.348 e. The molecule has 0 saturated carbocycles. The van der Waals surface area contributed by atoms with E-state index in [-0.39, 0.29) is 44.3 Å². The molecule has 4 aromatic carbocycles. The third-order valence-electron chi connectivity index (χ3n) is 14.2. The summed E-state index contributed by atoms with van der Waals surface area (Å²) in [7, 11) is 2.11. The summed E-state index contributed by atoms with van der Waals surface area (Å²) in [6.07, 6.45) is -0.565. The van der Waals surface area contributed by atoms with Crippen LogP contribution in [0.1, 0.15) is 43.2 Å². The van der Waals surface area contributed by atoms with Crippen LogP contribution in [0.5, 0.6) is 28.9 Å². The number of benzene rings is 4. The fourth-order valence-corrected chi connectivity index (χ4v) is 11.9. The van der Waals surface area contributed by atoms with Crippen LogP contribution in [0.25, 0.3) is 43.2 Å². The van der Waals surface area contributed by atoms with Gasteiger partial charge in [-0.05, 0) is 125 Å². The second-order valence-corrected chi connectivity index (χ2v) is 22.8. The number of nitrogens with zero attached hydrogens (tertiary/aromatic N) is 6. The van der Waals surface area contributed by atoms with Crippen molar-refractivity contribution in [2.45, 2.75) is 89.9 Å². The van der Waals surface area contributed by atoms with Gasteiger partial charge in [0.05, 0.1) is 34.3 Å². The van der Waals surface area contributed by atoms with E-state index in [0.29, 0.717) is 101 Å². The number of piperazine rings is 1. The molecular formula is C58H59Cl2FN6O10S. The number of carbonyl (C=O) groups excluding carboxylic acids is 1. The van der Waals surface area contributed by atoms with Gasteiger partial charge in [0, 0.05) is 66.9 Å². The molecule has 20 heteroatoms. The molecule has 4 bridgehead atoms. The number of carbonyl (C=O) groups is 1. The number of halogens is 3. The van der Waals surface area contributed by atoms with Crippen molar-refractivity contribution in [2.24, 2.45) is 0 Å². The highest BCUT2D eigenvalue weighted by atomic mass is 35.5. The van der Waals surface area contributed by atoms with E-state index in [1.165, 1.54) is 29.8 Å². The van der Waals surface area contributed by atoms with E-state index in [4.69, 9.17) is 76.0 Å². The van der Waals surface area contributed by atoms with Gasteiger partial charge in [-0.2, -0.15) is 0 Å². The maximum atomic E-state index is 14.7. The molecule has 16 nitrogen and oxygen atoms in total. The van der Waals surface area contributed by atoms with E-state index >= 15 is 0 Å². The highest BCUT2D eigenvalue weighted by molar-refractivity contribution is 7.22. The number of hydrogen-bond donors (Lipinski definition) is 1. The molecule has 408 valence electrons. The molecule has 12 rings (SSSR count). The number of aromatic nitrogens is 4. The minimum absolute atomic E-state index is 0.0350. The van der Waals surface area contributed by atoms with Crippen LogP contribution in [-0.2, 0) is 32.0 Å². The molecule has 3 aromatic heterocycles. The fraction of sp³-hybridized carbons (Fsp3) is 0.397. The molecular weight excluding hydrogens is 1060 g/mol. The summed E-state index contributed by atoms with van der Waals surface area (Å²) in [5.41, 5.74) is 4.39. The van der Waals surface area contributed by atoms with Crippen molar-refractivity contribution in [2.75, 3.05) is 59.6 Å². The first-order valence-electron chi connectivity index (χ1n) is 25.9. The second-order valence-electron chi connectivity index (χ2n) is 21.0. The Morgan fingerprint density at radius 2 is 1.59 bits per heavy atom. The van der Waals surface area contributed by atoms with E-state index in [9.17, 15) is 14.3 Å². The number of thiophene rings is 1. The maximum Gasteiger partial charge on any atom is 0.348 e. The molecule has 0 radical (unpaired) electrons. The molecule has 8 heterocycles. The summed E-state index contributed by atoms with van der Waals surface area (Å²) in [6.45, 7) is 13.8. The van der Waals surface area contributed by atoms with Crippen molar-refractivity contribution >= 4 is 50.7 Å². The Hall–Kier alpha value is -6.22. The monoisotopic (exact) mass is 1120 g/mol.